The van der Waals surface area contributed by atoms with Gasteiger partial charge in [-0.3, -0.25) is 14.4 Å². The molecule has 0 aliphatic heterocycles. The van der Waals surface area contributed by atoms with Crippen molar-refractivity contribution in [1.29, 1.82) is 0 Å². The molecule has 192 valence electrons. The summed E-state index contributed by atoms with van der Waals surface area (Å²) in [6, 6.07) is 0. The van der Waals surface area contributed by atoms with Crippen molar-refractivity contribution in [2.45, 2.75) is 12.2 Å². The molecule has 1 rings (SSSR count). The molecule has 0 saturated heterocycles. The number of rotatable bonds is 7. The van der Waals surface area contributed by atoms with Crippen LogP contribution in [0.1, 0.15) is 31.1 Å². The van der Waals surface area contributed by atoms with E-state index in [0.717, 1.165) is 0 Å². The number of nitrogens with two attached hydrogens (primary N) is 2. The highest BCUT2D eigenvalue weighted by Gasteiger charge is 2.30. The average Bonchev–Trinajstić information content (AvgIpc) is 2.72. The number of nitrogens with zero attached hydrogens (tertiary/aromatic N) is 1. The number of aliphatic hydroxyl groups excluding tert-OH is 4. The van der Waals surface area contributed by atoms with E-state index >= 15 is 0 Å². The minimum absolute atomic E-state index is 0.103. The van der Waals surface area contributed by atoms with Gasteiger partial charge < -0.3 is 47.0 Å². The first-order valence-corrected chi connectivity index (χ1v) is 11.8. The van der Waals surface area contributed by atoms with Crippen LogP contribution in [-0.4, -0.2) is 105 Å². The molecule has 17 heteroatoms. The second kappa shape index (κ2) is 16.3. The smallest absolute Gasteiger partial charge is 0.337 e. The van der Waals surface area contributed by atoms with E-state index in [9.17, 15) is 34.2 Å². The quantitative estimate of drug-likeness (QED) is 0.143. The first kappa shape index (κ1) is 34.8. The van der Waals surface area contributed by atoms with E-state index in [1.165, 1.54) is 19.0 Å². The monoisotopic (exact) mass is 825 g/mol. The lowest BCUT2D eigenvalue weighted by atomic mass is 10.0. The number of amides is 3. The van der Waals surface area contributed by atoms with Crippen molar-refractivity contribution >= 4 is 97.4 Å². The molecule has 0 aromatic heterocycles. The lowest BCUT2D eigenvalue weighted by molar-refractivity contribution is -0.128. The van der Waals surface area contributed by atoms with Crippen LogP contribution in [0.15, 0.2) is 0 Å². The van der Waals surface area contributed by atoms with Crippen LogP contribution in [0.25, 0.3) is 0 Å². The van der Waals surface area contributed by atoms with Gasteiger partial charge in [-0.1, -0.05) is 0 Å². The summed E-state index contributed by atoms with van der Waals surface area (Å²) in [5, 5.41) is 50.8. The molecule has 1 aromatic carbocycles. The minimum Gasteiger partial charge on any atom is -0.478 e. The zero-order valence-corrected chi connectivity index (χ0v) is 24.0. The Kier molecular flexibility index (Phi) is 16.7. The summed E-state index contributed by atoms with van der Waals surface area (Å²) in [7, 11) is 3.04. The number of aliphatic hydroxyl groups is 4. The van der Waals surface area contributed by atoms with Crippen LogP contribution in [0.2, 0.25) is 0 Å². The molecule has 10 N–H and O–H groups in total. The number of primary amides is 2. The van der Waals surface area contributed by atoms with Crippen LogP contribution >= 0.6 is 67.8 Å². The number of hydrogen-bond donors (Lipinski definition) is 8. The fourth-order valence-corrected chi connectivity index (χ4v) is 6.18. The molecule has 0 bridgehead atoms. The molecule has 0 spiro atoms. The molecule has 1 aromatic rings. The number of carboxylic acid groups (broad SMARTS) is 2. The van der Waals surface area contributed by atoms with Crippen molar-refractivity contribution in [3.8, 4) is 0 Å². The van der Waals surface area contributed by atoms with Gasteiger partial charge in [0.25, 0.3) is 5.91 Å². The van der Waals surface area contributed by atoms with Gasteiger partial charge in [0.05, 0.1) is 29.9 Å². The Hall–Kier alpha value is -1.40. The van der Waals surface area contributed by atoms with Crippen molar-refractivity contribution in [3.63, 3.8) is 0 Å². The van der Waals surface area contributed by atoms with Gasteiger partial charge in [-0.2, -0.15) is 0 Å². The van der Waals surface area contributed by atoms with Crippen LogP contribution in [0.3, 0.4) is 0 Å². The van der Waals surface area contributed by atoms with Crippen molar-refractivity contribution in [2.24, 2.45) is 11.5 Å². The summed E-state index contributed by atoms with van der Waals surface area (Å²) >= 11 is 5.21. The lowest BCUT2D eigenvalue weighted by Crippen LogP contribution is -2.30. The molecule has 0 fully saturated rings. The Labute approximate surface area is 233 Å². The number of carbonyl (C=O) groups excluding carboxylic acids is 3. The van der Waals surface area contributed by atoms with E-state index in [1.807, 2.05) is 0 Å². The maximum absolute atomic E-state index is 12.2. The second-order valence-corrected chi connectivity index (χ2v) is 9.31. The second-order valence-electron chi connectivity index (χ2n) is 6.08. The highest BCUT2D eigenvalue weighted by Crippen LogP contribution is 2.32. The highest BCUT2D eigenvalue weighted by molar-refractivity contribution is 14.1. The van der Waals surface area contributed by atoms with Gasteiger partial charge in [0.1, 0.15) is 0 Å². The van der Waals surface area contributed by atoms with Crippen LogP contribution in [0.5, 0.6) is 0 Å². The van der Waals surface area contributed by atoms with Gasteiger partial charge >= 0.3 is 11.9 Å². The van der Waals surface area contributed by atoms with Gasteiger partial charge in [0.2, 0.25) is 11.8 Å². The number of carboxylic acids is 2. The molecule has 2 atom stereocenters. The molecule has 34 heavy (non-hydrogen) atoms. The molecule has 0 radical (unpaired) electrons. The Morgan fingerprint density at radius 1 is 0.735 bits per heavy atom. The third kappa shape index (κ3) is 10.5. The number of hydrogen-bond acceptors (Lipinski definition) is 9. The first-order chi connectivity index (χ1) is 15.5. The first-order valence-electron chi connectivity index (χ1n) is 8.52. The fraction of sp³-hybridized carbons (Fsp3) is 0.353. The van der Waals surface area contributed by atoms with Crippen LogP contribution in [-0.2, 0) is 9.59 Å². The molecular weight excluding hydrogens is 803 g/mol. The third-order valence-corrected chi connectivity index (χ3v) is 6.60. The number of carbonyl (C=O) groups is 5. The number of aromatic carboxylic acids is 2. The van der Waals surface area contributed by atoms with Crippen LogP contribution < -0.4 is 11.5 Å². The molecule has 3 amide bonds. The van der Waals surface area contributed by atoms with E-state index in [1.54, 1.807) is 67.8 Å². The number of benzene rings is 1. The van der Waals surface area contributed by atoms with Gasteiger partial charge in [-0.15, -0.1) is 0 Å². The molecule has 0 heterocycles. The molecule has 0 saturated carbocycles. The van der Waals surface area contributed by atoms with Crippen molar-refractivity contribution in [1.82, 2.24) is 4.90 Å². The van der Waals surface area contributed by atoms with Gasteiger partial charge in [-0.05, 0) is 67.8 Å². The Bertz CT molecular complexity index is 880. The molecule has 2 unspecified atom stereocenters. The average molecular weight is 825 g/mol. The standard InChI is InChI=1S/C11H8I3NO5.2C3H7NO3/c1-15(2)9(16)3-6(12)4(10(17)18)8(14)5(7(3)13)11(19)20;2*4-3(7)2(6)1-5/h1-2H3,(H,17,18)(H,19,20);2*2,5-6H,1H2,(H2,4,7). The van der Waals surface area contributed by atoms with E-state index < -0.39 is 55.1 Å². The Morgan fingerprint density at radius 3 is 1.15 bits per heavy atom. The predicted octanol–water partition coefficient (Wildman–Crippen LogP) is -1.75. The topological polar surface area (TPSA) is 262 Å². The van der Waals surface area contributed by atoms with Gasteiger partial charge in [-0.25, -0.2) is 9.59 Å². The highest BCUT2D eigenvalue weighted by atomic mass is 127. The summed E-state index contributed by atoms with van der Waals surface area (Å²) in [6.07, 6.45) is -2.81. The predicted molar refractivity (Wildman–Crippen MR) is 141 cm³/mol. The summed E-state index contributed by atoms with van der Waals surface area (Å²) in [4.78, 5) is 55.6. The Balaban J connectivity index is 0. The lowest BCUT2D eigenvalue weighted by Gasteiger charge is -2.17. The van der Waals surface area contributed by atoms with Gasteiger partial charge in [0.15, 0.2) is 12.2 Å². The molecular formula is C17H22I3N3O11. The van der Waals surface area contributed by atoms with E-state index in [0.29, 0.717) is 0 Å². The van der Waals surface area contributed by atoms with Crippen LogP contribution in [0, 0.1) is 10.7 Å². The zero-order valence-electron chi connectivity index (χ0n) is 17.5. The summed E-state index contributed by atoms with van der Waals surface area (Å²) in [5.41, 5.74) is 8.78. The molecule has 14 nitrogen and oxygen atoms in total. The van der Waals surface area contributed by atoms with Crippen molar-refractivity contribution < 1.29 is 54.6 Å². The SMILES string of the molecule is CN(C)C(=O)c1c(I)c(C(=O)O)c(I)c(C(=O)O)c1I.NC(=O)C(O)CO.NC(=O)C(O)CO. The third-order valence-electron chi connectivity index (χ3n) is 3.37. The largest absolute Gasteiger partial charge is 0.478 e. The van der Waals surface area contributed by atoms with Crippen LogP contribution in [0.4, 0.5) is 0 Å². The summed E-state index contributed by atoms with van der Waals surface area (Å²) < 4.78 is 0.604. The maximum atomic E-state index is 12.2. The maximum Gasteiger partial charge on any atom is 0.337 e. The zero-order chi connectivity index (χ0) is 27.5. The van der Waals surface area contributed by atoms with E-state index in [-0.39, 0.29) is 27.4 Å². The normalized spacial score (nSPS) is 11.6. The van der Waals surface area contributed by atoms with E-state index in [2.05, 4.69) is 11.5 Å². The van der Waals surface area contributed by atoms with Crippen molar-refractivity contribution in [2.75, 3.05) is 27.3 Å². The minimum atomic E-state index is -1.40. The van der Waals surface area contributed by atoms with E-state index in [4.69, 9.17) is 20.4 Å². The Morgan fingerprint density at radius 2 is 1.00 bits per heavy atom. The molecule has 0 aliphatic carbocycles. The summed E-state index contributed by atoms with van der Waals surface area (Å²) in [5.74, 6) is -4.75. The van der Waals surface area contributed by atoms with Crippen molar-refractivity contribution in [3.05, 3.63) is 27.4 Å². The summed E-state index contributed by atoms with van der Waals surface area (Å²) in [6.45, 7) is -1.20. The van der Waals surface area contributed by atoms with Gasteiger partial charge in [0, 0.05) is 24.8 Å². The number of halogens is 3. The molecule has 0 aliphatic rings. The fourth-order valence-electron chi connectivity index (χ4n) is 1.63.